The summed E-state index contributed by atoms with van der Waals surface area (Å²) >= 11 is 0. The molecule has 1 N–H and O–H groups in total. The molecule has 1 amide bonds. The maximum Gasteiger partial charge on any atom is 0.264 e. The topological polar surface area (TPSA) is 84.9 Å². The van der Waals surface area contributed by atoms with Gasteiger partial charge >= 0.3 is 0 Å². The van der Waals surface area contributed by atoms with Crippen molar-refractivity contribution in [3.63, 3.8) is 0 Å². The van der Waals surface area contributed by atoms with Crippen LogP contribution >= 0.6 is 0 Å². The van der Waals surface area contributed by atoms with Crippen LogP contribution in [0.4, 0.5) is 11.4 Å². The Balaban J connectivity index is 1.68. The predicted molar refractivity (Wildman–Crippen MR) is 130 cm³/mol. The van der Waals surface area contributed by atoms with Crippen molar-refractivity contribution in [3.8, 4) is 11.5 Å². The number of methoxy groups -OCH3 is 1. The minimum absolute atomic E-state index is 0.116. The van der Waals surface area contributed by atoms with E-state index in [2.05, 4.69) is 4.72 Å². The van der Waals surface area contributed by atoms with Gasteiger partial charge in [0.25, 0.3) is 15.9 Å². The number of nitrogens with one attached hydrogen (secondary N) is 1. The SMILES string of the molecule is COc1cccc(N(C)C(=O)COc2ccc(S(=O)(=O)Nc3ccc(C)c(C)c3)cc2C)c1. The van der Waals surface area contributed by atoms with Gasteiger partial charge in [-0.1, -0.05) is 12.1 Å². The Morgan fingerprint density at radius 1 is 0.939 bits per heavy atom. The molecule has 0 aromatic heterocycles. The molecule has 0 aliphatic rings. The van der Waals surface area contributed by atoms with Crippen LogP contribution in [0, 0.1) is 20.8 Å². The Kier molecular flexibility index (Phi) is 7.28. The first-order valence-electron chi connectivity index (χ1n) is 10.3. The number of carbonyl (C=O) groups is 1. The Labute approximate surface area is 195 Å². The fourth-order valence-electron chi connectivity index (χ4n) is 3.17. The first-order valence-corrected chi connectivity index (χ1v) is 11.8. The third kappa shape index (κ3) is 5.84. The lowest BCUT2D eigenvalue weighted by Gasteiger charge is -2.19. The van der Waals surface area contributed by atoms with Crippen molar-refractivity contribution in [1.82, 2.24) is 0 Å². The van der Waals surface area contributed by atoms with Crippen LogP contribution < -0.4 is 19.1 Å². The quantitative estimate of drug-likeness (QED) is 0.528. The van der Waals surface area contributed by atoms with Crippen LogP contribution in [0.5, 0.6) is 11.5 Å². The molecule has 0 spiro atoms. The lowest BCUT2D eigenvalue weighted by atomic mass is 10.1. The van der Waals surface area contributed by atoms with E-state index in [4.69, 9.17) is 9.47 Å². The Morgan fingerprint density at radius 2 is 1.70 bits per heavy atom. The molecule has 3 rings (SSSR count). The number of nitrogens with zero attached hydrogens (tertiary/aromatic N) is 1. The molecule has 0 aliphatic carbocycles. The monoisotopic (exact) mass is 468 g/mol. The standard InChI is InChI=1S/C25H28N2O5S/c1-17-9-10-20(13-18(17)2)26-33(29,30)23-11-12-24(19(3)14-23)32-16-25(28)27(4)21-7-6-8-22(15-21)31-5/h6-15,26H,16H2,1-5H3. The molecule has 33 heavy (non-hydrogen) atoms. The zero-order valence-corrected chi connectivity index (χ0v) is 20.2. The van der Waals surface area contributed by atoms with E-state index >= 15 is 0 Å². The van der Waals surface area contributed by atoms with E-state index in [1.165, 1.54) is 17.0 Å². The van der Waals surface area contributed by atoms with Gasteiger partial charge < -0.3 is 14.4 Å². The molecule has 0 radical (unpaired) electrons. The summed E-state index contributed by atoms with van der Waals surface area (Å²) in [5, 5.41) is 0. The summed E-state index contributed by atoms with van der Waals surface area (Å²) in [5.74, 6) is 0.832. The number of ether oxygens (including phenoxy) is 2. The smallest absolute Gasteiger partial charge is 0.264 e. The Hall–Kier alpha value is -3.52. The highest BCUT2D eigenvalue weighted by Crippen LogP contribution is 2.25. The van der Waals surface area contributed by atoms with Gasteiger partial charge in [0.2, 0.25) is 0 Å². The van der Waals surface area contributed by atoms with Crippen LogP contribution in [0.15, 0.2) is 65.6 Å². The van der Waals surface area contributed by atoms with E-state index in [1.807, 2.05) is 19.9 Å². The molecule has 8 heteroatoms. The highest BCUT2D eigenvalue weighted by molar-refractivity contribution is 7.92. The van der Waals surface area contributed by atoms with Gasteiger partial charge in [-0.25, -0.2) is 8.42 Å². The molecule has 0 unspecified atom stereocenters. The largest absolute Gasteiger partial charge is 0.497 e. The number of aryl methyl sites for hydroxylation is 3. The number of hydrogen-bond acceptors (Lipinski definition) is 5. The summed E-state index contributed by atoms with van der Waals surface area (Å²) in [7, 11) is -0.544. The van der Waals surface area contributed by atoms with Crippen molar-refractivity contribution in [2.45, 2.75) is 25.7 Å². The number of benzene rings is 3. The minimum Gasteiger partial charge on any atom is -0.497 e. The van der Waals surface area contributed by atoms with E-state index < -0.39 is 10.0 Å². The second-order valence-electron chi connectivity index (χ2n) is 7.77. The summed E-state index contributed by atoms with van der Waals surface area (Å²) in [4.78, 5) is 14.2. The number of rotatable bonds is 8. The number of likely N-dealkylation sites (N-methyl/N-ethyl adjacent to an activating group) is 1. The number of hydrogen-bond donors (Lipinski definition) is 1. The van der Waals surface area contributed by atoms with E-state index in [0.717, 1.165) is 11.1 Å². The molecule has 174 valence electrons. The highest BCUT2D eigenvalue weighted by Gasteiger charge is 2.17. The summed E-state index contributed by atoms with van der Waals surface area (Å²) in [5.41, 5.74) is 3.87. The second-order valence-corrected chi connectivity index (χ2v) is 9.46. The van der Waals surface area contributed by atoms with E-state index in [0.29, 0.717) is 28.4 Å². The molecule has 0 heterocycles. The maximum atomic E-state index is 12.8. The Morgan fingerprint density at radius 3 is 2.36 bits per heavy atom. The number of sulfonamides is 1. The first-order chi connectivity index (χ1) is 15.6. The zero-order chi connectivity index (χ0) is 24.2. The maximum absolute atomic E-state index is 12.8. The lowest BCUT2D eigenvalue weighted by Crippen LogP contribution is -2.31. The van der Waals surface area contributed by atoms with Crippen LogP contribution in [-0.2, 0) is 14.8 Å². The fraction of sp³-hybridized carbons (Fsp3) is 0.240. The zero-order valence-electron chi connectivity index (χ0n) is 19.4. The van der Waals surface area contributed by atoms with E-state index in [1.54, 1.807) is 63.5 Å². The predicted octanol–water partition coefficient (Wildman–Crippen LogP) is 4.46. The molecule has 0 saturated carbocycles. The number of anilines is 2. The first kappa shape index (κ1) is 24.1. The molecule has 0 aliphatic heterocycles. The minimum atomic E-state index is -3.76. The molecular weight excluding hydrogens is 440 g/mol. The third-order valence-corrected chi connectivity index (χ3v) is 6.76. The number of amides is 1. The third-order valence-electron chi connectivity index (χ3n) is 5.38. The fourth-order valence-corrected chi connectivity index (χ4v) is 4.30. The molecule has 0 atom stereocenters. The summed E-state index contributed by atoms with van der Waals surface area (Å²) in [6.07, 6.45) is 0. The summed E-state index contributed by atoms with van der Waals surface area (Å²) < 4.78 is 39.1. The molecule has 0 saturated heterocycles. The van der Waals surface area contributed by atoms with Crippen LogP contribution in [0.2, 0.25) is 0 Å². The van der Waals surface area contributed by atoms with Crippen molar-refractivity contribution < 1.29 is 22.7 Å². The summed E-state index contributed by atoms with van der Waals surface area (Å²) in [6, 6.07) is 17.1. The highest BCUT2D eigenvalue weighted by atomic mass is 32.2. The molecule has 3 aromatic carbocycles. The van der Waals surface area contributed by atoms with Crippen LogP contribution in [0.25, 0.3) is 0 Å². The van der Waals surface area contributed by atoms with Gasteiger partial charge in [-0.2, -0.15) is 0 Å². The molecule has 0 fully saturated rings. The van der Waals surface area contributed by atoms with Crippen molar-refractivity contribution in [2.75, 3.05) is 30.4 Å². The van der Waals surface area contributed by atoms with Crippen molar-refractivity contribution in [2.24, 2.45) is 0 Å². The van der Waals surface area contributed by atoms with Gasteiger partial charge in [0.15, 0.2) is 6.61 Å². The van der Waals surface area contributed by atoms with Crippen molar-refractivity contribution in [1.29, 1.82) is 0 Å². The average Bonchev–Trinajstić information content (AvgIpc) is 2.79. The van der Waals surface area contributed by atoms with Crippen LogP contribution in [0.3, 0.4) is 0 Å². The van der Waals surface area contributed by atoms with Crippen molar-refractivity contribution >= 4 is 27.3 Å². The molecule has 0 bridgehead atoms. The van der Waals surface area contributed by atoms with Gasteiger partial charge in [0, 0.05) is 24.5 Å². The van der Waals surface area contributed by atoms with Crippen molar-refractivity contribution in [3.05, 3.63) is 77.4 Å². The Bertz CT molecular complexity index is 1270. The van der Waals surface area contributed by atoms with E-state index in [9.17, 15) is 13.2 Å². The molecule has 7 nitrogen and oxygen atoms in total. The van der Waals surface area contributed by atoms with Gasteiger partial charge in [0.1, 0.15) is 11.5 Å². The van der Waals surface area contributed by atoms with Gasteiger partial charge in [-0.3, -0.25) is 9.52 Å². The molecule has 3 aromatic rings. The molecular formula is C25H28N2O5S. The summed E-state index contributed by atoms with van der Waals surface area (Å²) in [6.45, 7) is 5.44. The lowest BCUT2D eigenvalue weighted by molar-refractivity contribution is -0.120. The van der Waals surface area contributed by atoms with Gasteiger partial charge in [-0.05, 0) is 79.9 Å². The number of carbonyl (C=O) groups excluding carboxylic acids is 1. The van der Waals surface area contributed by atoms with Crippen LogP contribution in [0.1, 0.15) is 16.7 Å². The van der Waals surface area contributed by atoms with Gasteiger partial charge in [-0.15, -0.1) is 0 Å². The van der Waals surface area contributed by atoms with Crippen LogP contribution in [-0.4, -0.2) is 35.1 Å². The second kappa shape index (κ2) is 9.95. The van der Waals surface area contributed by atoms with E-state index in [-0.39, 0.29) is 17.4 Å². The normalized spacial score (nSPS) is 11.1. The average molecular weight is 469 g/mol. The van der Waals surface area contributed by atoms with Gasteiger partial charge in [0.05, 0.1) is 12.0 Å².